The fraction of sp³-hybridized carbons (Fsp3) is 0.765. The van der Waals surface area contributed by atoms with E-state index in [1.807, 2.05) is 12.1 Å². The predicted molar refractivity (Wildman–Crippen MR) is 80.3 cm³/mol. The SMILES string of the molecule is CCCCCCCCCCC(O)c1ccc(CC)o1. The molecule has 0 saturated heterocycles. The summed E-state index contributed by atoms with van der Waals surface area (Å²) in [5.41, 5.74) is 0. The highest BCUT2D eigenvalue weighted by Gasteiger charge is 2.11. The molecular formula is C17H30O2. The molecule has 0 bridgehead atoms. The van der Waals surface area contributed by atoms with Gasteiger partial charge in [0.15, 0.2) is 0 Å². The van der Waals surface area contributed by atoms with E-state index in [1.165, 1.54) is 44.9 Å². The second kappa shape index (κ2) is 10.1. The molecule has 0 aliphatic carbocycles. The first-order valence-corrected chi connectivity index (χ1v) is 8.04. The average Bonchev–Trinajstić information content (AvgIpc) is 2.90. The summed E-state index contributed by atoms with van der Waals surface area (Å²) >= 11 is 0. The number of rotatable bonds is 11. The molecule has 2 heteroatoms. The number of hydrogen-bond acceptors (Lipinski definition) is 2. The van der Waals surface area contributed by atoms with Gasteiger partial charge in [-0.05, 0) is 18.6 Å². The van der Waals surface area contributed by atoms with Crippen LogP contribution in [0.25, 0.3) is 0 Å². The van der Waals surface area contributed by atoms with E-state index in [1.54, 1.807) is 0 Å². The van der Waals surface area contributed by atoms with Crippen LogP contribution in [0.1, 0.15) is 89.3 Å². The van der Waals surface area contributed by atoms with Crippen LogP contribution in [0.5, 0.6) is 0 Å². The van der Waals surface area contributed by atoms with Crippen molar-refractivity contribution in [3.8, 4) is 0 Å². The van der Waals surface area contributed by atoms with E-state index < -0.39 is 6.10 Å². The highest BCUT2D eigenvalue weighted by Crippen LogP contribution is 2.22. The molecular weight excluding hydrogens is 236 g/mol. The topological polar surface area (TPSA) is 33.4 Å². The minimum Gasteiger partial charge on any atom is -0.463 e. The summed E-state index contributed by atoms with van der Waals surface area (Å²) in [6.45, 7) is 4.31. The number of aliphatic hydroxyl groups is 1. The first-order valence-electron chi connectivity index (χ1n) is 8.04. The zero-order valence-corrected chi connectivity index (χ0v) is 12.7. The van der Waals surface area contributed by atoms with Gasteiger partial charge in [-0.3, -0.25) is 0 Å². The first kappa shape index (κ1) is 16.3. The molecule has 0 spiro atoms. The van der Waals surface area contributed by atoms with Crippen molar-refractivity contribution in [3.05, 3.63) is 23.7 Å². The average molecular weight is 266 g/mol. The minimum atomic E-state index is -0.416. The third-order valence-electron chi connectivity index (χ3n) is 3.69. The van der Waals surface area contributed by atoms with Gasteiger partial charge >= 0.3 is 0 Å². The fourth-order valence-electron chi connectivity index (χ4n) is 2.38. The lowest BCUT2D eigenvalue weighted by molar-refractivity contribution is 0.135. The van der Waals surface area contributed by atoms with Crippen molar-refractivity contribution in [1.82, 2.24) is 0 Å². The van der Waals surface area contributed by atoms with E-state index >= 15 is 0 Å². The van der Waals surface area contributed by atoms with E-state index in [0.717, 1.165) is 30.8 Å². The van der Waals surface area contributed by atoms with Crippen molar-refractivity contribution in [2.24, 2.45) is 0 Å². The van der Waals surface area contributed by atoms with Gasteiger partial charge in [0.05, 0.1) is 0 Å². The Hall–Kier alpha value is -0.760. The monoisotopic (exact) mass is 266 g/mol. The van der Waals surface area contributed by atoms with Gasteiger partial charge in [0.1, 0.15) is 17.6 Å². The number of aliphatic hydroxyl groups excluding tert-OH is 1. The molecule has 0 fully saturated rings. The molecule has 1 rings (SSSR count). The van der Waals surface area contributed by atoms with Gasteiger partial charge in [0, 0.05) is 6.42 Å². The maximum Gasteiger partial charge on any atom is 0.132 e. The molecule has 19 heavy (non-hydrogen) atoms. The Labute approximate surface area is 118 Å². The Morgan fingerprint density at radius 3 is 2.16 bits per heavy atom. The third kappa shape index (κ3) is 6.81. The summed E-state index contributed by atoms with van der Waals surface area (Å²) < 4.78 is 5.57. The molecule has 0 amide bonds. The van der Waals surface area contributed by atoms with Gasteiger partial charge < -0.3 is 9.52 Å². The van der Waals surface area contributed by atoms with E-state index in [2.05, 4.69) is 13.8 Å². The molecule has 0 aromatic carbocycles. The summed E-state index contributed by atoms with van der Waals surface area (Å²) in [7, 11) is 0. The molecule has 1 atom stereocenters. The maximum absolute atomic E-state index is 10.0. The lowest BCUT2D eigenvalue weighted by Gasteiger charge is -2.07. The van der Waals surface area contributed by atoms with Gasteiger partial charge in [-0.25, -0.2) is 0 Å². The van der Waals surface area contributed by atoms with Gasteiger partial charge in [-0.15, -0.1) is 0 Å². The molecule has 1 aromatic rings. The summed E-state index contributed by atoms with van der Waals surface area (Å²) in [4.78, 5) is 0. The third-order valence-corrected chi connectivity index (χ3v) is 3.69. The maximum atomic E-state index is 10.0. The molecule has 0 aliphatic rings. The minimum absolute atomic E-state index is 0.416. The van der Waals surface area contributed by atoms with Crippen molar-refractivity contribution in [2.75, 3.05) is 0 Å². The molecule has 2 nitrogen and oxygen atoms in total. The highest BCUT2D eigenvalue weighted by atomic mass is 16.4. The van der Waals surface area contributed by atoms with E-state index in [-0.39, 0.29) is 0 Å². The molecule has 1 unspecified atom stereocenters. The number of aryl methyl sites for hydroxylation is 1. The number of hydrogen-bond donors (Lipinski definition) is 1. The molecule has 0 radical (unpaired) electrons. The van der Waals surface area contributed by atoms with Gasteiger partial charge in [0.25, 0.3) is 0 Å². The highest BCUT2D eigenvalue weighted by molar-refractivity contribution is 5.09. The summed E-state index contributed by atoms with van der Waals surface area (Å²) in [5, 5.41) is 10.0. The Morgan fingerprint density at radius 2 is 1.58 bits per heavy atom. The van der Waals surface area contributed by atoms with E-state index in [0.29, 0.717) is 0 Å². The van der Waals surface area contributed by atoms with Crippen LogP contribution in [0.3, 0.4) is 0 Å². The summed E-state index contributed by atoms with van der Waals surface area (Å²) in [6, 6.07) is 3.88. The van der Waals surface area contributed by atoms with Gasteiger partial charge in [-0.2, -0.15) is 0 Å². The van der Waals surface area contributed by atoms with Gasteiger partial charge in [-0.1, -0.05) is 65.2 Å². The van der Waals surface area contributed by atoms with E-state index in [4.69, 9.17) is 4.42 Å². The second-order valence-electron chi connectivity index (χ2n) is 5.44. The van der Waals surface area contributed by atoms with Crippen LogP contribution in [0.15, 0.2) is 16.5 Å². The lowest BCUT2D eigenvalue weighted by atomic mass is 10.0. The number of furan rings is 1. The molecule has 1 aromatic heterocycles. The molecule has 110 valence electrons. The quantitative estimate of drug-likeness (QED) is 0.543. The van der Waals surface area contributed by atoms with Crippen LogP contribution >= 0.6 is 0 Å². The van der Waals surface area contributed by atoms with Gasteiger partial charge in [0.2, 0.25) is 0 Å². The standard InChI is InChI=1S/C17H30O2/c1-3-5-6-7-8-9-10-11-12-16(18)17-14-13-15(4-2)19-17/h13-14,16,18H,3-12H2,1-2H3. The number of unbranched alkanes of at least 4 members (excludes halogenated alkanes) is 7. The Balaban J connectivity index is 2.02. The smallest absolute Gasteiger partial charge is 0.132 e. The first-order chi connectivity index (χ1) is 9.27. The molecule has 0 aliphatic heterocycles. The van der Waals surface area contributed by atoms with Crippen LogP contribution in [0.2, 0.25) is 0 Å². The molecule has 0 saturated carbocycles. The van der Waals surface area contributed by atoms with Crippen LogP contribution < -0.4 is 0 Å². The van der Waals surface area contributed by atoms with Crippen LogP contribution in [0, 0.1) is 0 Å². The van der Waals surface area contributed by atoms with Crippen molar-refractivity contribution in [2.45, 2.75) is 84.2 Å². The Kier molecular flexibility index (Phi) is 8.64. The van der Waals surface area contributed by atoms with Crippen LogP contribution in [-0.2, 0) is 6.42 Å². The van der Waals surface area contributed by atoms with Crippen LogP contribution in [0.4, 0.5) is 0 Å². The van der Waals surface area contributed by atoms with Crippen molar-refractivity contribution in [3.63, 3.8) is 0 Å². The predicted octanol–water partition coefficient (Wildman–Crippen LogP) is 5.41. The largest absolute Gasteiger partial charge is 0.463 e. The van der Waals surface area contributed by atoms with Crippen molar-refractivity contribution in [1.29, 1.82) is 0 Å². The Bertz CT molecular complexity index is 317. The second-order valence-corrected chi connectivity index (χ2v) is 5.44. The summed E-state index contributed by atoms with van der Waals surface area (Å²) in [5.74, 6) is 1.70. The van der Waals surface area contributed by atoms with Crippen molar-refractivity contribution < 1.29 is 9.52 Å². The molecule has 1 heterocycles. The molecule has 1 N–H and O–H groups in total. The van der Waals surface area contributed by atoms with Crippen molar-refractivity contribution >= 4 is 0 Å². The lowest BCUT2D eigenvalue weighted by Crippen LogP contribution is -1.95. The normalized spacial score (nSPS) is 12.8. The zero-order chi connectivity index (χ0) is 13.9. The Morgan fingerprint density at radius 1 is 0.947 bits per heavy atom. The fourth-order valence-corrected chi connectivity index (χ4v) is 2.38. The summed E-state index contributed by atoms with van der Waals surface area (Å²) in [6.07, 6.45) is 11.7. The zero-order valence-electron chi connectivity index (χ0n) is 12.7. The van der Waals surface area contributed by atoms with E-state index in [9.17, 15) is 5.11 Å². The van der Waals surface area contributed by atoms with Crippen LogP contribution in [-0.4, -0.2) is 5.11 Å².